The molecule has 0 bridgehead atoms. The van der Waals surface area contributed by atoms with Crippen molar-refractivity contribution in [2.45, 2.75) is 6.43 Å². The average molecular weight is 503 g/mol. The maximum absolute atomic E-state index is 13.1. The number of nitrogens with zero attached hydrogens (tertiary/aromatic N) is 6. The number of fused-ring (bicyclic) bond motifs is 1. The van der Waals surface area contributed by atoms with Crippen molar-refractivity contribution in [2.75, 3.05) is 30.0 Å². The van der Waals surface area contributed by atoms with Gasteiger partial charge in [-0.25, -0.2) is 21.2 Å². The van der Waals surface area contributed by atoms with Gasteiger partial charge in [-0.1, -0.05) is 0 Å². The largest absolute Gasteiger partial charge is 0.370 e. The van der Waals surface area contributed by atoms with Crippen molar-refractivity contribution in [1.29, 1.82) is 0 Å². The van der Waals surface area contributed by atoms with Gasteiger partial charge in [0.25, 0.3) is 18.2 Å². The molecule has 1 fully saturated rings. The first kappa shape index (κ1) is 18.7. The second-order valence-corrected chi connectivity index (χ2v) is 6.77. The van der Waals surface area contributed by atoms with E-state index in [4.69, 9.17) is 4.74 Å². The van der Waals surface area contributed by atoms with Crippen LogP contribution in [0.4, 0.5) is 20.3 Å². The SMILES string of the molecule is O=C(Nc1cn(I)nc1C(F)F)c1cnn2ccc(N3CCOCC3=O)nc12. The molecule has 4 heterocycles. The van der Waals surface area contributed by atoms with Gasteiger partial charge >= 0.3 is 0 Å². The first-order valence-corrected chi connectivity index (χ1v) is 8.98. The average Bonchev–Trinajstić information content (AvgIpc) is 3.25. The summed E-state index contributed by atoms with van der Waals surface area (Å²) in [6, 6.07) is 1.60. The summed E-state index contributed by atoms with van der Waals surface area (Å²) < 4.78 is 33.8. The third-order valence-electron chi connectivity index (χ3n) is 4.03. The number of carbonyl (C=O) groups excluding carboxylic acids is 2. The molecule has 1 saturated heterocycles. The molecule has 0 radical (unpaired) electrons. The first-order chi connectivity index (χ1) is 13.4. The number of ether oxygens (including phenoxy) is 1. The Morgan fingerprint density at radius 3 is 2.96 bits per heavy atom. The molecule has 0 spiro atoms. The van der Waals surface area contributed by atoms with Crippen LogP contribution in [0.1, 0.15) is 22.5 Å². The smallest absolute Gasteiger partial charge is 0.284 e. The Morgan fingerprint density at radius 2 is 2.21 bits per heavy atom. The Bertz CT molecular complexity index is 1070. The normalized spacial score (nSPS) is 14.9. The van der Waals surface area contributed by atoms with Crippen molar-refractivity contribution in [3.05, 3.63) is 35.9 Å². The van der Waals surface area contributed by atoms with Crippen LogP contribution in [0.25, 0.3) is 5.65 Å². The Labute approximate surface area is 170 Å². The van der Waals surface area contributed by atoms with Crippen molar-refractivity contribution >= 4 is 51.8 Å². The van der Waals surface area contributed by atoms with Crippen molar-refractivity contribution in [1.82, 2.24) is 22.6 Å². The van der Waals surface area contributed by atoms with Gasteiger partial charge in [0.2, 0.25) is 0 Å². The van der Waals surface area contributed by atoms with Crippen molar-refractivity contribution in [3.8, 4) is 0 Å². The number of aromatic nitrogens is 5. The van der Waals surface area contributed by atoms with E-state index in [1.165, 1.54) is 21.8 Å². The van der Waals surface area contributed by atoms with Gasteiger partial charge in [0.05, 0.1) is 54.1 Å². The second-order valence-electron chi connectivity index (χ2n) is 5.78. The molecule has 1 aliphatic heterocycles. The Morgan fingerprint density at radius 1 is 1.39 bits per heavy atom. The summed E-state index contributed by atoms with van der Waals surface area (Å²) in [5.41, 5.74) is -0.376. The van der Waals surface area contributed by atoms with E-state index in [2.05, 4.69) is 20.5 Å². The highest BCUT2D eigenvalue weighted by Crippen LogP contribution is 2.27. The van der Waals surface area contributed by atoms with Crippen LogP contribution >= 0.6 is 22.9 Å². The molecule has 2 amide bonds. The molecular weight excluding hydrogens is 491 g/mol. The van der Waals surface area contributed by atoms with E-state index >= 15 is 0 Å². The molecular formula is C15H12F2IN7O3. The lowest BCUT2D eigenvalue weighted by Gasteiger charge is -2.25. The minimum atomic E-state index is -2.84. The van der Waals surface area contributed by atoms with Gasteiger partial charge in [0, 0.05) is 6.20 Å². The van der Waals surface area contributed by atoms with Gasteiger partial charge in [-0.2, -0.15) is 10.2 Å². The van der Waals surface area contributed by atoms with Crippen molar-refractivity contribution in [3.63, 3.8) is 0 Å². The molecule has 0 aromatic carbocycles. The van der Waals surface area contributed by atoms with E-state index in [0.717, 1.165) is 2.90 Å². The molecule has 4 rings (SSSR count). The molecule has 10 nitrogen and oxygen atoms in total. The van der Waals surface area contributed by atoms with Crippen LogP contribution in [0.15, 0.2) is 24.7 Å². The van der Waals surface area contributed by atoms with E-state index in [0.29, 0.717) is 19.0 Å². The lowest BCUT2D eigenvalue weighted by molar-refractivity contribution is -0.125. The van der Waals surface area contributed by atoms with E-state index in [1.54, 1.807) is 35.1 Å². The topological polar surface area (TPSA) is 107 Å². The molecule has 28 heavy (non-hydrogen) atoms. The zero-order chi connectivity index (χ0) is 19.8. The number of anilines is 2. The Hall–Kier alpha value is -2.68. The number of morpholine rings is 1. The van der Waals surface area contributed by atoms with Crippen LogP contribution < -0.4 is 10.2 Å². The Kier molecular flexibility index (Phi) is 4.92. The molecule has 146 valence electrons. The monoisotopic (exact) mass is 503 g/mol. The molecule has 3 aromatic heterocycles. The number of alkyl halides is 2. The number of amides is 2. The van der Waals surface area contributed by atoms with Crippen LogP contribution in [-0.4, -0.2) is 54.2 Å². The molecule has 3 aromatic rings. The highest BCUT2D eigenvalue weighted by molar-refractivity contribution is 14.1. The fourth-order valence-electron chi connectivity index (χ4n) is 2.74. The summed E-state index contributed by atoms with van der Waals surface area (Å²) in [5, 5.41) is 10.1. The van der Waals surface area contributed by atoms with E-state index in [9.17, 15) is 18.4 Å². The van der Waals surface area contributed by atoms with Gasteiger partial charge in [-0.3, -0.25) is 14.5 Å². The third-order valence-corrected chi connectivity index (χ3v) is 4.53. The van der Waals surface area contributed by atoms with Crippen molar-refractivity contribution in [2.24, 2.45) is 0 Å². The minimum absolute atomic E-state index is 0.0455. The zero-order valence-corrected chi connectivity index (χ0v) is 16.2. The van der Waals surface area contributed by atoms with Crippen molar-refractivity contribution < 1.29 is 23.1 Å². The quantitative estimate of drug-likeness (QED) is 0.544. The van der Waals surface area contributed by atoms with Gasteiger partial charge in [0.1, 0.15) is 18.0 Å². The predicted octanol–water partition coefficient (Wildman–Crippen LogP) is 1.68. The molecule has 13 heteroatoms. The molecule has 0 unspecified atom stereocenters. The fourth-order valence-corrected chi connectivity index (χ4v) is 3.25. The van der Waals surface area contributed by atoms with Crippen LogP contribution in [0.3, 0.4) is 0 Å². The number of halogens is 3. The van der Waals surface area contributed by atoms with Gasteiger partial charge < -0.3 is 10.1 Å². The summed E-state index contributed by atoms with van der Waals surface area (Å²) in [4.78, 5) is 30.5. The third kappa shape index (κ3) is 3.42. The molecule has 1 aliphatic rings. The van der Waals surface area contributed by atoms with Gasteiger partial charge in [-0.05, 0) is 6.07 Å². The molecule has 0 saturated carbocycles. The van der Waals surface area contributed by atoms with E-state index in [1.807, 2.05) is 0 Å². The number of hydrogen-bond acceptors (Lipinski definition) is 6. The number of hydrogen-bond donors (Lipinski definition) is 1. The summed E-state index contributed by atoms with van der Waals surface area (Å²) in [5.74, 6) is -0.562. The van der Waals surface area contributed by atoms with Crippen LogP contribution in [0.5, 0.6) is 0 Å². The fraction of sp³-hybridized carbons (Fsp3) is 0.267. The predicted molar refractivity (Wildman–Crippen MR) is 101 cm³/mol. The second kappa shape index (κ2) is 7.38. The summed E-state index contributed by atoms with van der Waals surface area (Å²) in [7, 11) is 0. The standard InChI is InChI=1S/C15H12F2IN7O3/c16-13(17)12-9(6-25(18)22-12)20-15(27)8-5-19-24-2-1-10(21-14(8)24)23-3-4-28-7-11(23)26/h1-2,5-6,13H,3-4,7H2,(H,20,27). The minimum Gasteiger partial charge on any atom is -0.370 e. The summed E-state index contributed by atoms with van der Waals surface area (Å²) in [6.07, 6.45) is 1.27. The van der Waals surface area contributed by atoms with E-state index < -0.39 is 18.0 Å². The van der Waals surface area contributed by atoms with Crippen LogP contribution in [-0.2, 0) is 9.53 Å². The molecule has 0 aliphatic carbocycles. The van der Waals surface area contributed by atoms with Crippen LogP contribution in [0, 0.1) is 0 Å². The number of nitrogens with one attached hydrogen (secondary N) is 1. The lowest BCUT2D eigenvalue weighted by atomic mass is 10.3. The lowest BCUT2D eigenvalue weighted by Crippen LogP contribution is -2.42. The maximum Gasteiger partial charge on any atom is 0.284 e. The molecule has 0 atom stereocenters. The molecule has 1 N–H and O–H groups in total. The van der Waals surface area contributed by atoms with Gasteiger partial charge in [-0.15, -0.1) is 0 Å². The van der Waals surface area contributed by atoms with Gasteiger partial charge in [0.15, 0.2) is 11.3 Å². The zero-order valence-electron chi connectivity index (χ0n) is 14.0. The highest BCUT2D eigenvalue weighted by Gasteiger charge is 2.24. The van der Waals surface area contributed by atoms with Crippen LogP contribution in [0.2, 0.25) is 0 Å². The first-order valence-electron chi connectivity index (χ1n) is 8.02. The highest BCUT2D eigenvalue weighted by atomic mass is 127. The number of rotatable bonds is 4. The summed E-state index contributed by atoms with van der Waals surface area (Å²) in [6.45, 7) is 0.669. The maximum atomic E-state index is 13.1. The summed E-state index contributed by atoms with van der Waals surface area (Å²) >= 11 is 1.71. The number of carbonyl (C=O) groups is 2. The van der Waals surface area contributed by atoms with E-state index in [-0.39, 0.29) is 29.4 Å². The Balaban J connectivity index is 1.66.